The highest BCUT2D eigenvalue weighted by molar-refractivity contribution is 6.62. The molecule has 1 rings (SSSR count). The molecule has 10 heavy (non-hydrogen) atoms. The zero-order valence-corrected chi connectivity index (χ0v) is 6.60. The predicted octanol–water partition coefficient (Wildman–Crippen LogP) is 1.07. The second-order valence-corrected chi connectivity index (χ2v) is 2.67. The van der Waals surface area contributed by atoms with E-state index in [4.69, 9.17) is 16.3 Å². The topological polar surface area (TPSA) is 29.5 Å². The molecule has 1 aliphatic rings. The van der Waals surface area contributed by atoms with Crippen LogP contribution in [-0.4, -0.2) is 36.6 Å². The van der Waals surface area contributed by atoms with Gasteiger partial charge in [-0.05, 0) is 18.0 Å². The van der Waals surface area contributed by atoms with Gasteiger partial charge in [0.15, 0.2) is 0 Å². The molecule has 0 spiro atoms. The van der Waals surface area contributed by atoms with Gasteiger partial charge in [0.2, 0.25) is 0 Å². The van der Waals surface area contributed by atoms with Crippen LogP contribution in [0.4, 0.5) is 4.79 Å². The minimum Gasteiger partial charge on any atom is -0.380 e. The summed E-state index contributed by atoms with van der Waals surface area (Å²) in [6, 6.07) is 0. The van der Waals surface area contributed by atoms with Crippen molar-refractivity contribution < 1.29 is 9.53 Å². The van der Waals surface area contributed by atoms with Gasteiger partial charge in [-0.2, -0.15) is 0 Å². The lowest BCUT2D eigenvalue weighted by Gasteiger charge is -2.10. The van der Waals surface area contributed by atoms with Gasteiger partial charge in [0, 0.05) is 20.2 Å². The van der Waals surface area contributed by atoms with E-state index in [-0.39, 0.29) is 11.5 Å². The molecule has 0 aromatic heterocycles. The molecule has 0 radical (unpaired) electrons. The number of likely N-dealkylation sites (tertiary alicyclic amines) is 1. The lowest BCUT2D eigenvalue weighted by molar-refractivity contribution is 0.112. The van der Waals surface area contributed by atoms with Crippen molar-refractivity contribution in [3.05, 3.63) is 0 Å². The van der Waals surface area contributed by atoms with Crippen LogP contribution >= 0.6 is 11.6 Å². The molecule has 1 amide bonds. The molecular formula is C6H10ClNO2. The molecule has 1 saturated heterocycles. The fourth-order valence-electron chi connectivity index (χ4n) is 1.08. The van der Waals surface area contributed by atoms with Crippen molar-refractivity contribution in [2.45, 2.75) is 12.5 Å². The lowest BCUT2D eigenvalue weighted by atomic mass is 10.3. The average molecular weight is 164 g/mol. The number of amides is 1. The second-order valence-electron chi connectivity index (χ2n) is 2.35. The number of halogens is 1. The molecule has 1 aliphatic heterocycles. The van der Waals surface area contributed by atoms with Gasteiger partial charge < -0.3 is 9.64 Å². The van der Waals surface area contributed by atoms with Crippen LogP contribution in [0.1, 0.15) is 6.42 Å². The Balaban J connectivity index is 2.35. The Bertz CT molecular complexity index is 140. The van der Waals surface area contributed by atoms with Gasteiger partial charge in [0.05, 0.1) is 6.10 Å². The highest BCUT2D eigenvalue weighted by Gasteiger charge is 2.24. The molecule has 0 aromatic rings. The van der Waals surface area contributed by atoms with Gasteiger partial charge in [-0.25, -0.2) is 0 Å². The molecule has 0 saturated carbocycles. The summed E-state index contributed by atoms with van der Waals surface area (Å²) in [4.78, 5) is 12.1. The number of methoxy groups -OCH3 is 1. The highest BCUT2D eigenvalue weighted by Crippen LogP contribution is 2.13. The van der Waals surface area contributed by atoms with E-state index < -0.39 is 0 Å². The van der Waals surface area contributed by atoms with E-state index in [1.54, 1.807) is 12.0 Å². The normalized spacial score (nSPS) is 25.4. The number of ether oxygens (including phenoxy) is 1. The Morgan fingerprint density at radius 2 is 2.50 bits per heavy atom. The zero-order chi connectivity index (χ0) is 7.56. The first kappa shape index (κ1) is 7.82. The number of nitrogens with zero attached hydrogens (tertiary/aromatic N) is 1. The van der Waals surface area contributed by atoms with E-state index in [1.807, 2.05) is 0 Å². The third-order valence-corrected chi connectivity index (χ3v) is 1.97. The van der Waals surface area contributed by atoms with Crippen molar-refractivity contribution in [2.75, 3.05) is 20.2 Å². The summed E-state index contributed by atoms with van der Waals surface area (Å²) in [6.45, 7) is 1.36. The molecule has 3 nitrogen and oxygen atoms in total. The largest absolute Gasteiger partial charge is 0.380 e. The molecule has 1 atom stereocenters. The van der Waals surface area contributed by atoms with Crippen molar-refractivity contribution in [1.29, 1.82) is 0 Å². The summed E-state index contributed by atoms with van der Waals surface area (Å²) in [6.07, 6.45) is 1.08. The summed E-state index contributed by atoms with van der Waals surface area (Å²) in [5.41, 5.74) is 0. The van der Waals surface area contributed by atoms with Crippen molar-refractivity contribution in [3.8, 4) is 0 Å². The molecule has 0 aromatic carbocycles. The van der Waals surface area contributed by atoms with E-state index >= 15 is 0 Å². The smallest absolute Gasteiger partial charge is 0.316 e. The summed E-state index contributed by atoms with van der Waals surface area (Å²) >= 11 is 5.24. The Morgan fingerprint density at radius 3 is 2.80 bits per heavy atom. The molecule has 0 aliphatic carbocycles. The third kappa shape index (κ3) is 1.61. The lowest BCUT2D eigenvalue weighted by Crippen LogP contribution is -2.24. The monoisotopic (exact) mass is 163 g/mol. The number of hydrogen-bond acceptors (Lipinski definition) is 2. The summed E-state index contributed by atoms with van der Waals surface area (Å²) in [7, 11) is 1.65. The molecule has 0 N–H and O–H groups in total. The van der Waals surface area contributed by atoms with Gasteiger partial charge >= 0.3 is 5.37 Å². The Hall–Kier alpha value is -0.280. The van der Waals surface area contributed by atoms with Crippen LogP contribution in [0.2, 0.25) is 0 Å². The van der Waals surface area contributed by atoms with Crippen molar-refractivity contribution in [2.24, 2.45) is 0 Å². The SMILES string of the molecule is CO[C@H]1CCN(C(=O)Cl)C1. The van der Waals surface area contributed by atoms with Crippen LogP contribution in [0.25, 0.3) is 0 Å². The maximum Gasteiger partial charge on any atom is 0.316 e. The van der Waals surface area contributed by atoms with Crippen LogP contribution in [0, 0.1) is 0 Å². The van der Waals surface area contributed by atoms with Crippen molar-refractivity contribution >= 4 is 17.0 Å². The maximum absolute atomic E-state index is 10.5. The van der Waals surface area contributed by atoms with Gasteiger partial charge in [0.25, 0.3) is 0 Å². The molecule has 58 valence electrons. The van der Waals surface area contributed by atoms with Crippen LogP contribution in [0.15, 0.2) is 0 Å². The summed E-state index contributed by atoms with van der Waals surface area (Å²) < 4.78 is 5.04. The quantitative estimate of drug-likeness (QED) is 0.428. The number of hydrogen-bond donors (Lipinski definition) is 0. The van der Waals surface area contributed by atoms with Gasteiger partial charge in [-0.15, -0.1) is 0 Å². The van der Waals surface area contributed by atoms with Crippen LogP contribution in [0.5, 0.6) is 0 Å². The highest BCUT2D eigenvalue weighted by atomic mass is 35.5. The number of rotatable bonds is 1. The predicted molar refractivity (Wildman–Crippen MR) is 38.2 cm³/mol. The standard InChI is InChI=1S/C6H10ClNO2/c1-10-5-2-3-8(4-5)6(7)9/h5H,2-4H2,1H3/t5-/m0/s1. The molecule has 1 fully saturated rings. The fourth-order valence-corrected chi connectivity index (χ4v) is 1.23. The Labute approximate surface area is 64.9 Å². The minimum absolute atomic E-state index is 0.183. The van der Waals surface area contributed by atoms with E-state index in [1.165, 1.54) is 0 Å². The van der Waals surface area contributed by atoms with Crippen molar-refractivity contribution in [1.82, 2.24) is 4.90 Å². The zero-order valence-electron chi connectivity index (χ0n) is 5.84. The van der Waals surface area contributed by atoms with Gasteiger partial charge in [0.1, 0.15) is 0 Å². The third-order valence-electron chi connectivity index (χ3n) is 1.73. The minimum atomic E-state index is -0.375. The van der Waals surface area contributed by atoms with E-state index in [2.05, 4.69) is 0 Å². The molecule has 4 heteroatoms. The molecule has 0 bridgehead atoms. The maximum atomic E-state index is 10.5. The Kier molecular flexibility index (Phi) is 2.51. The van der Waals surface area contributed by atoms with Crippen LogP contribution in [0.3, 0.4) is 0 Å². The van der Waals surface area contributed by atoms with E-state index in [0.29, 0.717) is 6.54 Å². The first-order chi connectivity index (χ1) is 4.74. The van der Waals surface area contributed by atoms with E-state index in [0.717, 1.165) is 13.0 Å². The molecule has 0 unspecified atom stereocenters. The molecule has 1 heterocycles. The number of carbonyl (C=O) groups is 1. The van der Waals surface area contributed by atoms with Gasteiger partial charge in [-0.3, -0.25) is 4.79 Å². The Morgan fingerprint density at radius 1 is 1.80 bits per heavy atom. The van der Waals surface area contributed by atoms with Gasteiger partial charge in [-0.1, -0.05) is 0 Å². The number of carbonyl (C=O) groups excluding carboxylic acids is 1. The summed E-state index contributed by atoms with van der Waals surface area (Å²) in [5.74, 6) is 0. The van der Waals surface area contributed by atoms with Crippen LogP contribution in [-0.2, 0) is 4.74 Å². The first-order valence-electron chi connectivity index (χ1n) is 3.21. The first-order valence-corrected chi connectivity index (χ1v) is 3.59. The van der Waals surface area contributed by atoms with Crippen LogP contribution < -0.4 is 0 Å². The second kappa shape index (κ2) is 3.21. The summed E-state index contributed by atoms with van der Waals surface area (Å²) in [5, 5.41) is -0.375. The fraction of sp³-hybridized carbons (Fsp3) is 0.833. The molecular weight excluding hydrogens is 154 g/mol. The van der Waals surface area contributed by atoms with E-state index in [9.17, 15) is 4.79 Å². The van der Waals surface area contributed by atoms with Crippen molar-refractivity contribution in [3.63, 3.8) is 0 Å². The average Bonchev–Trinajstić information content (AvgIpc) is 2.34.